The minimum Gasteiger partial charge on any atom is -0.496 e. The van der Waals surface area contributed by atoms with Crippen molar-refractivity contribution in [3.63, 3.8) is 0 Å². The second kappa shape index (κ2) is 14.3. The topological polar surface area (TPSA) is 166 Å². The standard InChI is InChI=1S/C37H48N4O8S/c1-22(2)48-25-12-15-28-23(3)32(47-4)17-16-29(28)33(19-25)49-26-18-31-34(42)39-37(36(44)40-50(45,46)27-13-14-27)20-24(37)10-8-6-5-7-9-11-30(38)35(43)41(31)21-26/h8,10,15-17,19,22,24,26-27,30-31H,5-7,9,11,13-14,18,20-21,38H2,1-4H3,(H,39,42)(H,40,44). The summed E-state index contributed by atoms with van der Waals surface area (Å²) in [6.45, 7) is 5.86. The molecule has 1 aromatic carbocycles. The number of carbonyl (C=O) groups excluding carboxylic acids is 3. The number of methoxy groups -OCH3 is 1. The molecule has 6 rings (SSSR count). The van der Waals surface area contributed by atoms with Crippen LogP contribution >= 0.6 is 0 Å². The average Bonchev–Trinajstić information content (AvgIpc) is 3.99. The van der Waals surface area contributed by atoms with Crippen molar-refractivity contribution in [1.82, 2.24) is 14.9 Å². The van der Waals surface area contributed by atoms with E-state index in [0.29, 0.717) is 36.5 Å². The van der Waals surface area contributed by atoms with Gasteiger partial charge in [0.1, 0.15) is 29.2 Å². The van der Waals surface area contributed by atoms with Crippen molar-refractivity contribution in [3.8, 4) is 5.75 Å². The number of amides is 3. The van der Waals surface area contributed by atoms with Crippen molar-refractivity contribution in [2.45, 2.75) is 114 Å². The third kappa shape index (κ3) is 7.50. The van der Waals surface area contributed by atoms with Crippen LogP contribution in [-0.2, 0) is 33.9 Å². The Labute approximate surface area is 294 Å². The summed E-state index contributed by atoms with van der Waals surface area (Å²) in [6, 6.07) is 1.94. The van der Waals surface area contributed by atoms with Crippen molar-refractivity contribution in [2.75, 3.05) is 13.7 Å². The summed E-state index contributed by atoms with van der Waals surface area (Å²) in [5.41, 5.74) is 10.7. The Morgan fingerprint density at radius 1 is 1.16 bits per heavy atom. The number of nitrogens with zero attached hydrogens (tertiary/aromatic N) is 1. The molecule has 2 heterocycles. The van der Waals surface area contributed by atoms with E-state index in [1.807, 2.05) is 51.1 Å². The molecule has 0 radical (unpaired) electrons. The highest BCUT2D eigenvalue weighted by Crippen LogP contribution is 2.46. The molecule has 0 spiro atoms. The van der Waals surface area contributed by atoms with Gasteiger partial charge in [-0.05, 0) is 88.6 Å². The number of rotatable bonds is 8. The molecule has 0 aromatic heterocycles. The van der Waals surface area contributed by atoms with Crippen molar-refractivity contribution < 1.29 is 37.0 Å². The lowest BCUT2D eigenvalue weighted by Gasteiger charge is -2.28. The molecule has 0 bridgehead atoms. The number of carbonyl (C=O) groups is 3. The van der Waals surface area contributed by atoms with Crippen LogP contribution in [0.4, 0.5) is 0 Å². The quantitative estimate of drug-likeness (QED) is 0.270. The van der Waals surface area contributed by atoms with Gasteiger partial charge in [0, 0.05) is 24.0 Å². The lowest BCUT2D eigenvalue weighted by atomic mass is 9.99. The largest absolute Gasteiger partial charge is 0.496 e. The molecule has 4 N–H and O–H groups in total. The second-order valence-corrected chi connectivity index (χ2v) is 16.2. The first-order valence-electron chi connectivity index (χ1n) is 17.6. The Hall–Kier alpha value is -4.06. The summed E-state index contributed by atoms with van der Waals surface area (Å²) in [7, 11) is -2.24. The van der Waals surface area contributed by atoms with E-state index >= 15 is 0 Å². The van der Waals surface area contributed by atoms with Gasteiger partial charge < -0.3 is 30.2 Å². The van der Waals surface area contributed by atoms with Crippen molar-refractivity contribution in [2.24, 2.45) is 11.7 Å². The molecule has 1 aromatic rings. The van der Waals surface area contributed by atoms with Crippen LogP contribution in [-0.4, -0.2) is 79.8 Å². The predicted molar refractivity (Wildman–Crippen MR) is 188 cm³/mol. The zero-order valence-electron chi connectivity index (χ0n) is 29.2. The third-order valence-corrected chi connectivity index (χ3v) is 11.9. The van der Waals surface area contributed by atoms with E-state index in [1.54, 1.807) is 13.2 Å². The molecule has 3 fully saturated rings. The van der Waals surface area contributed by atoms with Crippen LogP contribution < -0.4 is 20.5 Å². The molecule has 2 saturated carbocycles. The first-order chi connectivity index (χ1) is 23.8. The Morgan fingerprint density at radius 2 is 1.94 bits per heavy atom. The van der Waals surface area contributed by atoms with E-state index in [0.717, 1.165) is 42.4 Å². The van der Waals surface area contributed by atoms with Gasteiger partial charge in [0.05, 0.1) is 31.1 Å². The van der Waals surface area contributed by atoms with Crippen molar-refractivity contribution in [1.29, 1.82) is 0 Å². The normalized spacial score (nSPS) is 28.5. The predicted octanol–water partition coefficient (Wildman–Crippen LogP) is 3.60. The van der Waals surface area contributed by atoms with Crippen LogP contribution in [0.15, 0.2) is 41.9 Å². The number of hydrogen-bond acceptors (Lipinski definition) is 9. The molecule has 13 heteroatoms. The molecule has 3 aliphatic carbocycles. The summed E-state index contributed by atoms with van der Waals surface area (Å²) in [5, 5.41) is 2.30. The minimum absolute atomic E-state index is 0.0858. The van der Waals surface area contributed by atoms with E-state index in [-0.39, 0.29) is 37.3 Å². The van der Waals surface area contributed by atoms with E-state index in [9.17, 15) is 22.8 Å². The Morgan fingerprint density at radius 3 is 2.66 bits per heavy atom. The van der Waals surface area contributed by atoms with Gasteiger partial charge in [0.2, 0.25) is 21.8 Å². The summed E-state index contributed by atoms with van der Waals surface area (Å²) >= 11 is 0. The first-order valence-corrected chi connectivity index (χ1v) is 19.2. The number of benzene rings is 1. The molecule has 270 valence electrons. The number of nitrogens with two attached hydrogens (primary N) is 1. The van der Waals surface area contributed by atoms with Crippen molar-refractivity contribution in [3.05, 3.63) is 58.5 Å². The van der Waals surface area contributed by atoms with E-state index < -0.39 is 50.8 Å². The summed E-state index contributed by atoms with van der Waals surface area (Å²) in [6.07, 6.45) is 11.8. The van der Waals surface area contributed by atoms with Crippen LogP contribution in [0.5, 0.6) is 5.75 Å². The molecule has 5 atom stereocenters. The Balaban J connectivity index is 1.30. The fourth-order valence-electron chi connectivity index (χ4n) is 7.05. The fraction of sp³-hybridized carbons (Fsp3) is 0.568. The molecule has 12 nitrogen and oxygen atoms in total. The van der Waals surface area contributed by atoms with Gasteiger partial charge >= 0.3 is 0 Å². The Bertz CT molecular complexity index is 1770. The van der Waals surface area contributed by atoms with Gasteiger partial charge in [-0.15, -0.1) is 0 Å². The smallest absolute Gasteiger partial charge is 0.259 e. The summed E-state index contributed by atoms with van der Waals surface area (Å²) in [4.78, 5) is 43.2. The molecule has 50 heavy (non-hydrogen) atoms. The molecule has 1 saturated heterocycles. The van der Waals surface area contributed by atoms with E-state index in [1.165, 1.54) is 4.90 Å². The van der Waals surface area contributed by atoms with Crippen LogP contribution in [0.1, 0.15) is 88.3 Å². The highest BCUT2D eigenvalue weighted by Gasteiger charge is 2.62. The van der Waals surface area contributed by atoms with Gasteiger partial charge in [0.25, 0.3) is 5.91 Å². The summed E-state index contributed by atoms with van der Waals surface area (Å²) in [5.74, 6) is -0.391. The summed E-state index contributed by atoms with van der Waals surface area (Å²) < 4.78 is 46.0. The van der Waals surface area contributed by atoms with Crippen LogP contribution in [0.25, 0.3) is 11.8 Å². The van der Waals surface area contributed by atoms with Crippen LogP contribution in [0, 0.1) is 12.8 Å². The highest BCUT2D eigenvalue weighted by atomic mass is 32.2. The number of sulfonamides is 1. The number of allylic oxidation sites excluding steroid dienone is 2. The number of hydrogen-bond donors (Lipinski definition) is 3. The number of ether oxygens (including phenoxy) is 3. The maximum atomic E-state index is 14.2. The highest BCUT2D eigenvalue weighted by molar-refractivity contribution is 7.91. The zero-order valence-corrected chi connectivity index (χ0v) is 30.0. The maximum absolute atomic E-state index is 14.2. The fourth-order valence-corrected chi connectivity index (χ4v) is 8.42. The number of fused-ring (bicyclic) bond motifs is 3. The third-order valence-electron chi connectivity index (χ3n) is 10.1. The van der Waals surface area contributed by atoms with Crippen LogP contribution in [0.3, 0.4) is 0 Å². The Kier molecular flexibility index (Phi) is 10.2. The van der Waals surface area contributed by atoms with Gasteiger partial charge in [-0.25, -0.2) is 8.42 Å². The van der Waals surface area contributed by atoms with Gasteiger partial charge in [-0.1, -0.05) is 30.7 Å². The monoisotopic (exact) mass is 708 g/mol. The van der Waals surface area contributed by atoms with Gasteiger partial charge in [-0.3, -0.25) is 19.1 Å². The minimum atomic E-state index is -3.85. The van der Waals surface area contributed by atoms with E-state index in [4.69, 9.17) is 19.9 Å². The zero-order chi connectivity index (χ0) is 35.8. The maximum Gasteiger partial charge on any atom is 0.259 e. The average molecular weight is 709 g/mol. The van der Waals surface area contributed by atoms with E-state index in [2.05, 4.69) is 15.8 Å². The molecule has 2 aliphatic heterocycles. The van der Waals surface area contributed by atoms with Crippen molar-refractivity contribution >= 4 is 39.6 Å². The second-order valence-electron chi connectivity index (χ2n) is 14.3. The SMILES string of the molecule is COc1ccc2c(c1C)C=C=C(OC(C)C)C=C2OC1CC2C(=O)NC3(C(=O)NS(=O)(=O)C4CC4)CC3C=CCCCCCC(N)C(=O)N2C1. The molecule has 5 aliphatic rings. The molecule has 5 unspecified atom stereocenters. The molecular weight excluding hydrogens is 660 g/mol. The lowest BCUT2D eigenvalue weighted by molar-refractivity contribution is -0.140. The molecule has 3 amide bonds. The van der Waals surface area contributed by atoms with Gasteiger partial charge in [0.15, 0.2) is 5.76 Å². The first kappa shape index (κ1) is 35.8. The lowest BCUT2D eigenvalue weighted by Crippen LogP contribution is -2.57. The van der Waals surface area contributed by atoms with Crippen LogP contribution in [0.2, 0.25) is 0 Å². The molecular formula is C37H48N4O8S. The number of nitrogens with one attached hydrogen (secondary N) is 2. The van der Waals surface area contributed by atoms with Gasteiger partial charge in [-0.2, -0.15) is 0 Å².